The SMILES string of the molecule is CNCCCC(=O)NCCc1cc(Cl)cc(Cl)c1.Cl. The van der Waals surface area contributed by atoms with Gasteiger partial charge in [0.05, 0.1) is 0 Å². The van der Waals surface area contributed by atoms with Crippen LogP contribution in [0.1, 0.15) is 18.4 Å². The fourth-order valence-electron chi connectivity index (χ4n) is 1.62. The fourth-order valence-corrected chi connectivity index (χ4v) is 2.19. The Balaban J connectivity index is 0.00000324. The number of nitrogens with one attached hydrogen (secondary N) is 2. The van der Waals surface area contributed by atoms with Crippen LogP contribution in [0, 0.1) is 0 Å². The van der Waals surface area contributed by atoms with Crippen molar-refractivity contribution in [2.24, 2.45) is 0 Å². The van der Waals surface area contributed by atoms with Gasteiger partial charge in [-0.1, -0.05) is 23.2 Å². The molecule has 2 N–H and O–H groups in total. The van der Waals surface area contributed by atoms with Gasteiger partial charge >= 0.3 is 0 Å². The molecule has 0 aliphatic rings. The molecule has 1 amide bonds. The quantitative estimate of drug-likeness (QED) is 0.757. The molecule has 1 rings (SSSR count). The van der Waals surface area contributed by atoms with Crippen molar-refractivity contribution in [1.82, 2.24) is 10.6 Å². The molecule has 0 aliphatic carbocycles. The van der Waals surface area contributed by atoms with Crippen molar-refractivity contribution >= 4 is 41.5 Å². The van der Waals surface area contributed by atoms with Gasteiger partial charge in [0, 0.05) is 23.0 Å². The number of carbonyl (C=O) groups excluding carboxylic acids is 1. The molecule has 0 spiro atoms. The van der Waals surface area contributed by atoms with E-state index in [-0.39, 0.29) is 18.3 Å². The molecule has 0 saturated heterocycles. The zero-order valence-corrected chi connectivity index (χ0v) is 13.2. The Morgan fingerprint density at radius 3 is 2.37 bits per heavy atom. The third kappa shape index (κ3) is 8.32. The van der Waals surface area contributed by atoms with Crippen LogP contribution in [0.5, 0.6) is 0 Å². The van der Waals surface area contributed by atoms with Crippen LogP contribution >= 0.6 is 35.6 Å². The van der Waals surface area contributed by atoms with Crippen molar-refractivity contribution < 1.29 is 4.79 Å². The van der Waals surface area contributed by atoms with E-state index in [0.717, 1.165) is 24.9 Å². The predicted octanol–water partition coefficient (Wildman–Crippen LogP) is 3.07. The van der Waals surface area contributed by atoms with E-state index in [1.165, 1.54) is 0 Å². The second-order valence-electron chi connectivity index (χ2n) is 4.08. The molecule has 0 heterocycles. The maximum absolute atomic E-state index is 11.5. The van der Waals surface area contributed by atoms with Crippen molar-refractivity contribution in [3.8, 4) is 0 Å². The summed E-state index contributed by atoms with van der Waals surface area (Å²) in [6.07, 6.45) is 2.14. The third-order valence-corrected chi connectivity index (χ3v) is 2.93. The van der Waals surface area contributed by atoms with Gasteiger partial charge in [0.2, 0.25) is 5.91 Å². The lowest BCUT2D eigenvalue weighted by Crippen LogP contribution is -2.26. The summed E-state index contributed by atoms with van der Waals surface area (Å²) in [6.45, 7) is 1.46. The van der Waals surface area contributed by atoms with Crippen LogP contribution < -0.4 is 10.6 Å². The van der Waals surface area contributed by atoms with Crippen LogP contribution in [0.4, 0.5) is 0 Å². The number of halogens is 3. The van der Waals surface area contributed by atoms with Crippen LogP contribution in [0.3, 0.4) is 0 Å². The molecule has 3 nitrogen and oxygen atoms in total. The maximum atomic E-state index is 11.5. The lowest BCUT2D eigenvalue weighted by Gasteiger charge is -2.06. The van der Waals surface area contributed by atoms with Gasteiger partial charge in [0.1, 0.15) is 0 Å². The Morgan fingerprint density at radius 1 is 1.16 bits per heavy atom. The van der Waals surface area contributed by atoms with Crippen molar-refractivity contribution in [2.75, 3.05) is 20.1 Å². The number of carbonyl (C=O) groups is 1. The van der Waals surface area contributed by atoms with Crippen LogP contribution in [0.15, 0.2) is 18.2 Å². The van der Waals surface area contributed by atoms with Crippen molar-refractivity contribution in [3.63, 3.8) is 0 Å². The van der Waals surface area contributed by atoms with E-state index in [1.54, 1.807) is 6.07 Å². The Hall–Kier alpha value is -0.480. The summed E-state index contributed by atoms with van der Waals surface area (Å²) in [5, 5.41) is 7.13. The summed E-state index contributed by atoms with van der Waals surface area (Å²) < 4.78 is 0. The molecule has 0 unspecified atom stereocenters. The minimum Gasteiger partial charge on any atom is -0.356 e. The van der Waals surface area contributed by atoms with Crippen LogP contribution in [-0.2, 0) is 11.2 Å². The Bertz CT molecular complexity index is 379. The average molecular weight is 326 g/mol. The smallest absolute Gasteiger partial charge is 0.220 e. The van der Waals surface area contributed by atoms with Crippen molar-refractivity contribution in [2.45, 2.75) is 19.3 Å². The number of hydrogen-bond acceptors (Lipinski definition) is 2. The molecule has 0 saturated carbocycles. The zero-order chi connectivity index (χ0) is 13.4. The van der Waals surface area contributed by atoms with Crippen LogP contribution in [0.25, 0.3) is 0 Å². The largest absolute Gasteiger partial charge is 0.356 e. The molecule has 19 heavy (non-hydrogen) atoms. The molecule has 0 aliphatic heterocycles. The monoisotopic (exact) mass is 324 g/mol. The molecular weight excluding hydrogens is 307 g/mol. The summed E-state index contributed by atoms with van der Waals surface area (Å²) in [5.41, 5.74) is 1.03. The van der Waals surface area contributed by atoms with Crippen LogP contribution in [-0.4, -0.2) is 26.0 Å². The molecule has 0 atom stereocenters. The molecule has 6 heteroatoms. The molecule has 108 valence electrons. The molecule has 0 bridgehead atoms. The first-order valence-electron chi connectivity index (χ1n) is 5.98. The van der Waals surface area contributed by atoms with Gasteiger partial charge in [-0.15, -0.1) is 12.4 Å². The molecule has 0 aromatic heterocycles. The molecular formula is C13H19Cl3N2O. The number of rotatable bonds is 7. The minimum atomic E-state index is 0. The average Bonchev–Trinajstić information content (AvgIpc) is 2.28. The zero-order valence-electron chi connectivity index (χ0n) is 10.8. The van der Waals surface area contributed by atoms with E-state index in [2.05, 4.69) is 10.6 Å². The summed E-state index contributed by atoms with van der Waals surface area (Å²) in [7, 11) is 1.88. The minimum absolute atomic E-state index is 0. The normalized spacial score (nSPS) is 9.84. The second-order valence-corrected chi connectivity index (χ2v) is 4.96. The Labute approximate surface area is 130 Å². The predicted molar refractivity (Wildman–Crippen MR) is 83.6 cm³/mol. The second kappa shape index (κ2) is 10.3. The molecule has 1 aromatic rings. The van der Waals surface area contributed by atoms with Gasteiger partial charge < -0.3 is 10.6 Å². The Morgan fingerprint density at radius 2 is 1.79 bits per heavy atom. The van der Waals surface area contributed by atoms with Crippen molar-refractivity contribution in [1.29, 1.82) is 0 Å². The first kappa shape index (κ1) is 18.5. The lowest BCUT2D eigenvalue weighted by atomic mass is 10.1. The summed E-state index contributed by atoms with van der Waals surface area (Å²) in [6, 6.07) is 5.42. The Kier molecular flexibility index (Phi) is 10.1. The highest BCUT2D eigenvalue weighted by molar-refractivity contribution is 6.34. The van der Waals surface area contributed by atoms with Crippen LogP contribution in [0.2, 0.25) is 10.0 Å². The van der Waals surface area contributed by atoms with Gasteiger partial charge in [-0.05, 0) is 50.2 Å². The number of hydrogen-bond donors (Lipinski definition) is 2. The van der Waals surface area contributed by atoms with E-state index in [1.807, 2.05) is 19.2 Å². The standard InChI is InChI=1S/C13H18Cl2N2O.ClH/c1-16-5-2-3-13(18)17-6-4-10-7-11(14)9-12(15)8-10;/h7-9,16H,2-6H2,1H3,(H,17,18);1H. The van der Waals surface area contributed by atoms with E-state index in [9.17, 15) is 4.79 Å². The van der Waals surface area contributed by atoms with Gasteiger partial charge in [-0.2, -0.15) is 0 Å². The molecule has 1 aromatic carbocycles. The van der Waals surface area contributed by atoms with E-state index in [0.29, 0.717) is 23.0 Å². The highest BCUT2D eigenvalue weighted by Crippen LogP contribution is 2.19. The summed E-state index contributed by atoms with van der Waals surface area (Å²) >= 11 is 11.8. The summed E-state index contributed by atoms with van der Waals surface area (Å²) in [4.78, 5) is 11.5. The van der Waals surface area contributed by atoms with E-state index in [4.69, 9.17) is 23.2 Å². The first-order valence-corrected chi connectivity index (χ1v) is 6.73. The fraction of sp³-hybridized carbons (Fsp3) is 0.462. The highest BCUT2D eigenvalue weighted by atomic mass is 35.5. The third-order valence-electron chi connectivity index (χ3n) is 2.49. The van der Waals surface area contributed by atoms with Gasteiger partial charge in [0.25, 0.3) is 0 Å². The van der Waals surface area contributed by atoms with Gasteiger partial charge in [0.15, 0.2) is 0 Å². The number of benzene rings is 1. The van der Waals surface area contributed by atoms with Crippen molar-refractivity contribution in [3.05, 3.63) is 33.8 Å². The highest BCUT2D eigenvalue weighted by Gasteiger charge is 2.02. The summed E-state index contributed by atoms with van der Waals surface area (Å²) in [5.74, 6) is 0.0818. The topological polar surface area (TPSA) is 41.1 Å². The maximum Gasteiger partial charge on any atom is 0.220 e. The van der Waals surface area contributed by atoms with Gasteiger partial charge in [-0.3, -0.25) is 4.79 Å². The number of amides is 1. The van der Waals surface area contributed by atoms with E-state index < -0.39 is 0 Å². The molecule has 0 fully saturated rings. The first-order chi connectivity index (χ1) is 8.61. The van der Waals surface area contributed by atoms with Gasteiger partial charge in [-0.25, -0.2) is 0 Å². The van der Waals surface area contributed by atoms with E-state index >= 15 is 0 Å². The molecule has 0 radical (unpaired) electrons. The lowest BCUT2D eigenvalue weighted by molar-refractivity contribution is -0.121.